The Morgan fingerprint density at radius 1 is 1.13 bits per heavy atom. The minimum absolute atomic E-state index is 0.141. The van der Waals surface area contributed by atoms with Crippen LogP contribution in [0, 0.1) is 0 Å². The molecule has 0 saturated carbocycles. The van der Waals surface area contributed by atoms with Gasteiger partial charge in [0.15, 0.2) is 0 Å². The lowest BCUT2D eigenvalue weighted by Gasteiger charge is -2.05. The Labute approximate surface area is 138 Å². The normalized spacial score (nSPS) is 11.3. The third kappa shape index (κ3) is 10.3. The molecule has 0 saturated heterocycles. The molecular formula is C17H27N3O3. The van der Waals surface area contributed by atoms with Crippen molar-refractivity contribution < 1.29 is 14.3 Å². The van der Waals surface area contributed by atoms with Gasteiger partial charge >= 0.3 is 6.16 Å². The van der Waals surface area contributed by atoms with Gasteiger partial charge in [0, 0.05) is 6.54 Å². The zero-order valence-electron chi connectivity index (χ0n) is 13.8. The summed E-state index contributed by atoms with van der Waals surface area (Å²) in [5.41, 5.74) is 6.43. The first-order chi connectivity index (χ1) is 11.2. The zero-order valence-corrected chi connectivity index (χ0v) is 13.8. The molecule has 0 radical (unpaired) electrons. The number of nitrogens with one attached hydrogen (secondary N) is 1. The molecule has 128 valence electrons. The van der Waals surface area contributed by atoms with Crippen molar-refractivity contribution in [3.8, 4) is 0 Å². The fourth-order valence-electron chi connectivity index (χ4n) is 2.00. The Kier molecular flexibility index (Phi) is 10.3. The van der Waals surface area contributed by atoms with Gasteiger partial charge in [-0.2, -0.15) is 0 Å². The van der Waals surface area contributed by atoms with E-state index in [1.165, 1.54) is 19.3 Å². The molecule has 0 aliphatic rings. The highest BCUT2D eigenvalue weighted by atomic mass is 16.7. The maximum absolute atomic E-state index is 11.5. The van der Waals surface area contributed by atoms with Crippen LogP contribution in [0.4, 0.5) is 4.79 Å². The first-order valence-corrected chi connectivity index (χ1v) is 8.05. The van der Waals surface area contributed by atoms with Crippen LogP contribution in [-0.2, 0) is 16.1 Å². The summed E-state index contributed by atoms with van der Waals surface area (Å²) in [6.45, 7) is 1.77. The molecule has 0 bridgehead atoms. The second-order valence-corrected chi connectivity index (χ2v) is 5.22. The van der Waals surface area contributed by atoms with Gasteiger partial charge < -0.3 is 20.5 Å². The number of nitrogens with zero attached hydrogens (tertiary/aromatic N) is 1. The third-order valence-corrected chi connectivity index (χ3v) is 3.24. The van der Waals surface area contributed by atoms with E-state index in [0.29, 0.717) is 6.54 Å². The maximum atomic E-state index is 11.5. The third-order valence-electron chi connectivity index (χ3n) is 3.24. The summed E-state index contributed by atoms with van der Waals surface area (Å²) in [4.78, 5) is 15.5. The van der Waals surface area contributed by atoms with Gasteiger partial charge in [-0.3, -0.25) is 0 Å². The molecule has 0 fully saturated rings. The van der Waals surface area contributed by atoms with Crippen LogP contribution in [0.1, 0.15) is 37.7 Å². The quantitative estimate of drug-likeness (QED) is 0.299. The average molecular weight is 321 g/mol. The van der Waals surface area contributed by atoms with Crippen LogP contribution in [0.2, 0.25) is 0 Å². The SMILES string of the molecule is CNCCCCCCCN=C(N)OC(=O)OCc1ccccc1. The number of carbonyl (C=O) groups is 1. The zero-order chi connectivity index (χ0) is 16.8. The summed E-state index contributed by atoms with van der Waals surface area (Å²) in [6.07, 6.45) is 4.78. The lowest BCUT2D eigenvalue weighted by molar-refractivity contribution is 0.0885. The van der Waals surface area contributed by atoms with Gasteiger partial charge in [0.25, 0.3) is 6.02 Å². The number of rotatable bonds is 10. The topological polar surface area (TPSA) is 85.9 Å². The van der Waals surface area contributed by atoms with Crippen LogP contribution in [0.25, 0.3) is 0 Å². The largest absolute Gasteiger partial charge is 0.516 e. The summed E-state index contributed by atoms with van der Waals surface area (Å²) in [6, 6.07) is 9.23. The van der Waals surface area contributed by atoms with Crippen molar-refractivity contribution in [2.45, 2.75) is 38.7 Å². The van der Waals surface area contributed by atoms with E-state index in [4.69, 9.17) is 15.2 Å². The highest BCUT2D eigenvalue weighted by molar-refractivity contribution is 5.82. The number of amidine groups is 1. The predicted molar refractivity (Wildman–Crippen MR) is 91.2 cm³/mol. The van der Waals surface area contributed by atoms with Crippen molar-refractivity contribution in [3.63, 3.8) is 0 Å². The number of hydrogen-bond acceptors (Lipinski definition) is 5. The first-order valence-electron chi connectivity index (χ1n) is 8.05. The van der Waals surface area contributed by atoms with Gasteiger partial charge in [0.05, 0.1) is 0 Å². The molecular weight excluding hydrogens is 294 g/mol. The maximum Gasteiger partial charge on any atom is 0.516 e. The Morgan fingerprint density at radius 3 is 2.57 bits per heavy atom. The van der Waals surface area contributed by atoms with E-state index in [2.05, 4.69) is 10.3 Å². The van der Waals surface area contributed by atoms with Gasteiger partial charge in [-0.25, -0.2) is 9.79 Å². The molecule has 0 aromatic heterocycles. The lowest BCUT2D eigenvalue weighted by Crippen LogP contribution is -2.22. The van der Waals surface area contributed by atoms with Crippen LogP contribution in [-0.4, -0.2) is 32.3 Å². The molecule has 0 heterocycles. The van der Waals surface area contributed by atoms with E-state index in [-0.39, 0.29) is 12.6 Å². The number of benzene rings is 1. The van der Waals surface area contributed by atoms with Crippen LogP contribution in [0.3, 0.4) is 0 Å². The molecule has 0 spiro atoms. The summed E-state index contributed by atoms with van der Waals surface area (Å²) >= 11 is 0. The van der Waals surface area contributed by atoms with Gasteiger partial charge in [-0.1, -0.05) is 49.6 Å². The molecule has 0 aliphatic carbocycles. The number of hydrogen-bond donors (Lipinski definition) is 2. The molecule has 0 amide bonds. The summed E-state index contributed by atoms with van der Waals surface area (Å²) in [7, 11) is 1.96. The number of unbranched alkanes of at least 4 members (excludes halogenated alkanes) is 4. The Bertz CT molecular complexity index is 463. The smallest absolute Gasteiger partial charge is 0.429 e. The molecule has 0 aliphatic heterocycles. The standard InChI is InChI=1S/C17H27N3O3/c1-19-12-8-3-2-4-9-13-20-16(18)23-17(21)22-14-15-10-6-5-7-11-15/h5-7,10-11,19H,2-4,8-9,12-14H2,1H3,(H2,18,20). The van der Waals surface area contributed by atoms with Crippen LogP contribution in [0.15, 0.2) is 35.3 Å². The van der Waals surface area contributed by atoms with E-state index in [0.717, 1.165) is 24.9 Å². The number of nitrogens with two attached hydrogens (primary N) is 1. The van der Waals surface area contributed by atoms with Gasteiger partial charge in [-0.05, 0) is 32.0 Å². The predicted octanol–water partition coefficient (Wildman–Crippen LogP) is 2.82. The molecule has 1 rings (SSSR count). The van der Waals surface area contributed by atoms with Crippen molar-refractivity contribution in [2.75, 3.05) is 20.1 Å². The molecule has 0 atom stereocenters. The first kappa shape index (κ1) is 19.0. The van der Waals surface area contributed by atoms with Crippen molar-refractivity contribution in [2.24, 2.45) is 10.7 Å². The summed E-state index contributed by atoms with van der Waals surface area (Å²) in [5.74, 6) is 0. The van der Waals surface area contributed by atoms with Crippen LogP contribution < -0.4 is 11.1 Å². The molecule has 6 heteroatoms. The Balaban J connectivity index is 2.07. The van der Waals surface area contributed by atoms with E-state index in [1.807, 2.05) is 37.4 Å². The van der Waals surface area contributed by atoms with Crippen molar-refractivity contribution in [3.05, 3.63) is 35.9 Å². The second-order valence-electron chi connectivity index (χ2n) is 5.22. The monoisotopic (exact) mass is 321 g/mol. The highest BCUT2D eigenvalue weighted by Gasteiger charge is 2.07. The number of carbonyl (C=O) groups excluding carboxylic acids is 1. The Hall–Kier alpha value is -2.08. The molecule has 3 N–H and O–H groups in total. The van der Waals surface area contributed by atoms with E-state index < -0.39 is 6.16 Å². The van der Waals surface area contributed by atoms with Crippen LogP contribution >= 0.6 is 0 Å². The molecule has 6 nitrogen and oxygen atoms in total. The van der Waals surface area contributed by atoms with E-state index in [9.17, 15) is 4.79 Å². The van der Waals surface area contributed by atoms with E-state index >= 15 is 0 Å². The number of aliphatic imine (C=N–C) groups is 1. The fourth-order valence-corrected chi connectivity index (χ4v) is 2.00. The second kappa shape index (κ2) is 12.5. The molecule has 1 aromatic carbocycles. The summed E-state index contributed by atoms with van der Waals surface area (Å²) in [5, 5.41) is 3.12. The molecule has 1 aromatic rings. The molecule has 23 heavy (non-hydrogen) atoms. The Morgan fingerprint density at radius 2 is 1.83 bits per heavy atom. The van der Waals surface area contributed by atoms with Crippen molar-refractivity contribution in [1.82, 2.24) is 5.32 Å². The molecule has 0 unspecified atom stereocenters. The van der Waals surface area contributed by atoms with Gasteiger partial charge in [0.2, 0.25) is 0 Å². The fraction of sp³-hybridized carbons (Fsp3) is 0.529. The van der Waals surface area contributed by atoms with Gasteiger partial charge in [0.1, 0.15) is 6.61 Å². The average Bonchev–Trinajstić information content (AvgIpc) is 2.56. The number of ether oxygens (including phenoxy) is 2. The minimum atomic E-state index is -0.831. The lowest BCUT2D eigenvalue weighted by atomic mass is 10.1. The van der Waals surface area contributed by atoms with Crippen molar-refractivity contribution >= 4 is 12.2 Å². The van der Waals surface area contributed by atoms with Gasteiger partial charge in [-0.15, -0.1) is 0 Å². The van der Waals surface area contributed by atoms with Crippen molar-refractivity contribution in [1.29, 1.82) is 0 Å². The minimum Gasteiger partial charge on any atom is -0.429 e. The summed E-state index contributed by atoms with van der Waals surface area (Å²) < 4.78 is 9.74. The van der Waals surface area contributed by atoms with Crippen LogP contribution in [0.5, 0.6) is 0 Å². The highest BCUT2D eigenvalue weighted by Crippen LogP contribution is 2.03. The van der Waals surface area contributed by atoms with E-state index in [1.54, 1.807) is 0 Å².